The Labute approximate surface area is 61.8 Å². The van der Waals surface area contributed by atoms with Crippen LogP contribution >= 0.6 is 0 Å². The number of allylic oxidation sites excluding steroid dienone is 3. The van der Waals surface area contributed by atoms with Crippen molar-refractivity contribution in [2.75, 3.05) is 0 Å². The van der Waals surface area contributed by atoms with E-state index in [0.29, 0.717) is 5.76 Å². The first kappa shape index (κ1) is 9.24. The highest BCUT2D eigenvalue weighted by atomic mass is 17.1. The predicted molar refractivity (Wildman–Crippen MR) is 41.5 cm³/mol. The van der Waals surface area contributed by atoms with Crippen molar-refractivity contribution in [1.82, 2.24) is 0 Å². The molecule has 0 bridgehead atoms. The van der Waals surface area contributed by atoms with Gasteiger partial charge in [-0.3, -0.25) is 0 Å². The Hall–Kier alpha value is -0.760. The fraction of sp³-hybridized carbons (Fsp3) is 0.500. The molecule has 2 nitrogen and oxygen atoms in total. The standard InChI is InChI=1S/C6H8O2.C2H6/c7-8-6-4-2-1-3-5-6;1-2/h2,4-5,7H,1,3H2;1-2H3. The van der Waals surface area contributed by atoms with Gasteiger partial charge in [0.25, 0.3) is 0 Å². The Balaban J connectivity index is 0.000000371. The molecule has 1 aliphatic carbocycles. The lowest BCUT2D eigenvalue weighted by atomic mass is 10.2. The molecule has 1 rings (SSSR count). The van der Waals surface area contributed by atoms with Crippen molar-refractivity contribution in [2.24, 2.45) is 0 Å². The molecule has 0 radical (unpaired) electrons. The number of rotatable bonds is 1. The highest BCUT2D eigenvalue weighted by Crippen LogP contribution is 2.08. The minimum Gasteiger partial charge on any atom is -0.341 e. The zero-order chi connectivity index (χ0) is 7.82. The predicted octanol–water partition coefficient (Wildman–Crippen LogP) is 2.74. The van der Waals surface area contributed by atoms with Crippen LogP contribution in [0.25, 0.3) is 0 Å². The van der Waals surface area contributed by atoms with Crippen molar-refractivity contribution in [3.8, 4) is 0 Å². The minimum absolute atomic E-state index is 0.552. The summed E-state index contributed by atoms with van der Waals surface area (Å²) in [7, 11) is 0. The maximum atomic E-state index is 8.07. The van der Waals surface area contributed by atoms with Gasteiger partial charge in [0.15, 0.2) is 5.76 Å². The highest BCUT2D eigenvalue weighted by Gasteiger charge is 1.94. The average Bonchev–Trinajstić information content (AvgIpc) is 2.10. The molecule has 0 aromatic rings. The summed E-state index contributed by atoms with van der Waals surface area (Å²) < 4.78 is 0. The fourth-order valence-corrected chi connectivity index (χ4v) is 0.657. The summed E-state index contributed by atoms with van der Waals surface area (Å²) in [5.41, 5.74) is 0. The molecule has 0 spiro atoms. The van der Waals surface area contributed by atoms with Crippen LogP contribution in [-0.2, 0) is 4.89 Å². The van der Waals surface area contributed by atoms with E-state index in [2.05, 4.69) is 4.89 Å². The quantitative estimate of drug-likeness (QED) is 0.450. The molecular weight excluding hydrogens is 128 g/mol. The highest BCUT2D eigenvalue weighted by molar-refractivity contribution is 5.15. The zero-order valence-electron chi connectivity index (χ0n) is 6.50. The van der Waals surface area contributed by atoms with Crippen molar-refractivity contribution >= 4 is 0 Å². The lowest BCUT2D eigenvalue weighted by Crippen LogP contribution is -1.86. The van der Waals surface area contributed by atoms with E-state index in [0.717, 1.165) is 12.8 Å². The molecule has 0 fully saturated rings. The van der Waals surface area contributed by atoms with E-state index in [9.17, 15) is 0 Å². The third-order valence-corrected chi connectivity index (χ3v) is 1.07. The smallest absolute Gasteiger partial charge is 0.160 e. The summed E-state index contributed by atoms with van der Waals surface area (Å²) in [5.74, 6) is 0.552. The van der Waals surface area contributed by atoms with Crippen LogP contribution in [0.15, 0.2) is 24.0 Å². The van der Waals surface area contributed by atoms with E-state index in [-0.39, 0.29) is 0 Å². The maximum Gasteiger partial charge on any atom is 0.160 e. The molecule has 2 heteroatoms. The third-order valence-electron chi connectivity index (χ3n) is 1.07. The van der Waals surface area contributed by atoms with Gasteiger partial charge in [0, 0.05) is 0 Å². The monoisotopic (exact) mass is 142 g/mol. The molecule has 10 heavy (non-hydrogen) atoms. The summed E-state index contributed by atoms with van der Waals surface area (Å²) in [6.07, 6.45) is 7.58. The van der Waals surface area contributed by atoms with Gasteiger partial charge >= 0.3 is 0 Å². The first-order valence-electron chi connectivity index (χ1n) is 3.61. The van der Waals surface area contributed by atoms with Gasteiger partial charge in [-0.25, -0.2) is 5.26 Å². The van der Waals surface area contributed by atoms with Crippen LogP contribution in [0.2, 0.25) is 0 Å². The van der Waals surface area contributed by atoms with Gasteiger partial charge in [-0.05, 0) is 25.0 Å². The fourth-order valence-electron chi connectivity index (χ4n) is 0.657. The molecule has 0 unspecified atom stereocenters. The molecule has 0 heterocycles. The van der Waals surface area contributed by atoms with E-state index < -0.39 is 0 Å². The third kappa shape index (κ3) is 3.30. The van der Waals surface area contributed by atoms with Gasteiger partial charge < -0.3 is 4.89 Å². The topological polar surface area (TPSA) is 29.5 Å². The van der Waals surface area contributed by atoms with E-state index in [1.165, 1.54) is 0 Å². The van der Waals surface area contributed by atoms with E-state index in [4.69, 9.17) is 5.26 Å². The number of hydrogen-bond donors (Lipinski definition) is 1. The van der Waals surface area contributed by atoms with Crippen molar-refractivity contribution in [3.63, 3.8) is 0 Å². The van der Waals surface area contributed by atoms with Crippen molar-refractivity contribution in [3.05, 3.63) is 24.0 Å². The minimum atomic E-state index is 0.552. The van der Waals surface area contributed by atoms with Crippen LogP contribution in [0.1, 0.15) is 26.7 Å². The molecule has 0 amide bonds. The summed E-state index contributed by atoms with van der Waals surface area (Å²) >= 11 is 0. The lowest BCUT2D eigenvalue weighted by molar-refractivity contribution is -0.198. The normalized spacial score (nSPS) is 14.9. The first-order chi connectivity index (χ1) is 4.93. The Kier molecular flexibility index (Phi) is 5.88. The Morgan fingerprint density at radius 2 is 2.10 bits per heavy atom. The molecule has 0 saturated carbocycles. The second-order valence-corrected chi connectivity index (χ2v) is 1.68. The van der Waals surface area contributed by atoms with Gasteiger partial charge in [0.1, 0.15) is 0 Å². The maximum absolute atomic E-state index is 8.07. The largest absolute Gasteiger partial charge is 0.341 e. The van der Waals surface area contributed by atoms with Gasteiger partial charge in [0.05, 0.1) is 0 Å². The van der Waals surface area contributed by atoms with Crippen LogP contribution in [0.4, 0.5) is 0 Å². The van der Waals surface area contributed by atoms with Gasteiger partial charge in [-0.15, -0.1) is 0 Å². The molecule has 0 saturated heterocycles. The summed E-state index contributed by atoms with van der Waals surface area (Å²) in [6, 6.07) is 0. The first-order valence-corrected chi connectivity index (χ1v) is 3.61. The molecule has 1 aliphatic rings. The van der Waals surface area contributed by atoms with Crippen LogP contribution < -0.4 is 0 Å². The van der Waals surface area contributed by atoms with Gasteiger partial charge in [-0.1, -0.05) is 19.9 Å². The Morgan fingerprint density at radius 1 is 1.40 bits per heavy atom. The molecule has 0 aromatic carbocycles. The second kappa shape index (κ2) is 6.36. The van der Waals surface area contributed by atoms with Gasteiger partial charge in [0.2, 0.25) is 0 Å². The Morgan fingerprint density at radius 3 is 2.40 bits per heavy atom. The van der Waals surface area contributed by atoms with E-state index in [1.54, 1.807) is 6.08 Å². The van der Waals surface area contributed by atoms with E-state index >= 15 is 0 Å². The van der Waals surface area contributed by atoms with Crippen LogP contribution in [0.3, 0.4) is 0 Å². The molecule has 0 aliphatic heterocycles. The molecule has 0 atom stereocenters. The number of hydrogen-bond acceptors (Lipinski definition) is 2. The Bertz CT molecular complexity index is 125. The summed E-state index contributed by atoms with van der Waals surface area (Å²) in [5, 5.41) is 8.07. The average molecular weight is 142 g/mol. The van der Waals surface area contributed by atoms with Crippen molar-refractivity contribution < 1.29 is 10.1 Å². The summed E-state index contributed by atoms with van der Waals surface area (Å²) in [6.45, 7) is 4.00. The van der Waals surface area contributed by atoms with Crippen LogP contribution in [0, 0.1) is 0 Å². The van der Waals surface area contributed by atoms with Crippen molar-refractivity contribution in [1.29, 1.82) is 0 Å². The molecular formula is C8H14O2. The van der Waals surface area contributed by atoms with E-state index in [1.807, 2.05) is 26.0 Å². The summed E-state index contributed by atoms with van der Waals surface area (Å²) in [4.78, 5) is 3.97. The second-order valence-electron chi connectivity index (χ2n) is 1.68. The molecule has 0 aromatic heterocycles. The van der Waals surface area contributed by atoms with Gasteiger partial charge in [-0.2, -0.15) is 0 Å². The zero-order valence-corrected chi connectivity index (χ0v) is 6.50. The van der Waals surface area contributed by atoms with Crippen molar-refractivity contribution in [2.45, 2.75) is 26.7 Å². The molecule has 1 N–H and O–H groups in total. The SMILES string of the molecule is CC.OOC1=CCCC=C1. The van der Waals surface area contributed by atoms with Crippen LogP contribution in [0.5, 0.6) is 0 Å². The van der Waals surface area contributed by atoms with Crippen LogP contribution in [-0.4, -0.2) is 5.26 Å². The lowest BCUT2D eigenvalue weighted by Gasteiger charge is -1.99. The molecule has 58 valence electrons.